The Balaban J connectivity index is 1.38. The van der Waals surface area contributed by atoms with E-state index in [2.05, 4.69) is 15.6 Å². The Bertz CT molecular complexity index is 1310. The maximum Gasteiger partial charge on any atom is 0.260 e. The van der Waals surface area contributed by atoms with Crippen molar-refractivity contribution in [2.75, 3.05) is 17.7 Å². The molecule has 34 heavy (non-hydrogen) atoms. The number of carbonyl (C=O) groups is 2. The molecular weight excluding hydrogens is 453 g/mol. The first kappa shape index (κ1) is 23.1. The molecule has 3 aromatic carbocycles. The molecule has 0 aliphatic carbocycles. The second kappa shape index (κ2) is 10.7. The molecule has 2 amide bonds. The average Bonchev–Trinajstić information content (AvgIpc) is 3.26. The maximum absolute atomic E-state index is 13.8. The standard InChI is InChI=1S/C26H22FN3O3S/c1-33-23-12-11-19(14-18(23)13-17-7-3-2-4-8-17)28-24(31)15-20-16-34-26(29-20)30-25(32)21-9-5-6-10-22(21)27/h2-12,14,16H,13,15H2,1H3,(H,28,31)(H,29,30,32). The van der Waals surface area contributed by atoms with Gasteiger partial charge in [-0.25, -0.2) is 9.37 Å². The molecule has 172 valence electrons. The van der Waals surface area contributed by atoms with Gasteiger partial charge in [0.25, 0.3) is 5.91 Å². The summed E-state index contributed by atoms with van der Waals surface area (Å²) < 4.78 is 19.3. The lowest BCUT2D eigenvalue weighted by Gasteiger charge is -2.12. The van der Waals surface area contributed by atoms with Crippen molar-refractivity contribution in [3.63, 3.8) is 0 Å². The normalized spacial score (nSPS) is 10.5. The molecule has 0 atom stereocenters. The number of hydrogen-bond donors (Lipinski definition) is 2. The zero-order chi connectivity index (χ0) is 23.9. The molecule has 0 saturated heterocycles. The monoisotopic (exact) mass is 475 g/mol. The molecule has 1 heterocycles. The van der Waals surface area contributed by atoms with Crippen LogP contribution in [0.3, 0.4) is 0 Å². The van der Waals surface area contributed by atoms with Gasteiger partial charge in [-0.3, -0.25) is 14.9 Å². The summed E-state index contributed by atoms with van der Waals surface area (Å²) in [5.41, 5.74) is 3.18. The van der Waals surface area contributed by atoms with E-state index in [9.17, 15) is 14.0 Å². The van der Waals surface area contributed by atoms with E-state index in [4.69, 9.17) is 4.74 Å². The lowest BCUT2D eigenvalue weighted by molar-refractivity contribution is -0.115. The number of carbonyl (C=O) groups excluding carboxylic acids is 2. The van der Waals surface area contributed by atoms with Crippen LogP contribution in [0, 0.1) is 5.82 Å². The van der Waals surface area contributed by atoms with Crippen molar-refractivity contribution in [2.24, 2.45) is 0 Å². The largest absolute Gasteiger partial charge is 0.496 e. The van der Waals surface area contributed by atoms with Crippen LogP contribution in [0.4, 0.5) is 15.2 Å². The number of rotatable bonds is 8. The molecule has 0 bridgehead atoms. The summed E-state index contributed by atoms with van der Waals surface area (Å²) in [4.78, 5) is 29.1. The maximum atomic E-state index is 13.8. The van der Waals surface area contributed by atoms with Crippen LogP contribution in [0.5, 0.6) is 5.75 Å². The highest BCUT2D eigenvalue weighted by molar-refractivity contribution is 7.14. The van der Waals surface area contributed by atoms with Gasteiger partial charge in [0.05, 0.1) is 24.8 Å². The number of nitrogens with one attached hydrogen (secondary N) is 2. The van der Waals surface area contributed by atoms with E-state index in [1.807, 2.05) is 42.5 Å². The van der Waals surface area contributed by atoms with Gasteiger partial charge in [-0.2, -0.15) is 0 Å². The number of nitrogens with zero attached hydrogens (tertiary/aromatic N) is 1. The Morgan fingerprint density at radius 2 is 1.76 bits per heavy atom. The van der Waals surface area contributed by atoms with Crippen LogP contribution in [0.2, 0.25) is 0 Å². The second-order valence-corrected chi connectivity index (χ2v) is 8.35. The van der Waals surface area contributed by atoms with Crippen LogP contribution >= 0.6 is 11.3 Å². The minimum atomic E-state index is -0.609. The fourth-order valence-electron chi connectivity index (χ4n) is 3.44. The molecule has 1 aromatic heterocycles. The molecule has 8 heteroatoms. The Kier molecular flexibility index (Phi) is 7.29. The van der Waals surface area contributed by atoms with Gasteiger partial charge in [0.1, 0.15) is 11.6 Å². The SMILES string of the molecule is COc1ccc(NC(=O)Cc2csc(NC(=O)c3ccccc3F)n2)cc1Cc1ccccc1. The molecular formula is C26H22FN3O3S. The van der Waals surface area contributed by atoms with Gasteiger partial charge >= 0.3 is 0 Å². The summed E-state index contributed by atoms with van der Waals surface area (Å²) in [6.07, 6.45) is 0.705. The third kappa shape index (κ3) is 5.85. The summed E-state index contributed by atoms with van der Waals surface area (Å²) in [5, 5.41) is 7.44. The Hall–Kier alpha value is -4.04. The van der Waals surface area contributed by atoms with Crippen molar-refractivity contribution >= 4 is 34.0 Å². The van der Waals surface area contributed by atoms with Crippen molar-refractivity contribution < 1.29 is 18.7 Å². The highest BCUT2D eigenvalue weighted by Crippen LogP contribution is 2.26. The van der Waals surface area contributed by atoms with Gasteiger partial charge in [-0.05, 0) is 35.9 Å². The van der Waals surface area contributed by atoms with Crippen LogP contribution < -0.4 is 15.4 Å². The molecule has 4 rings (SSSR count). The summed E-state index contributed by atoms with van der Waals surface area (Å²) in [5.74, 6) is -0.695. The molecule has 0 unspecified atom stereocenters. The van der Waals surface area contributed by atoms with E-state index in [0.29, 0.717) is 22.9 Å². The first-order valence-electron chi connectivity index (χ1n) is 10.5. The lowest BCUT2D eigenvalue weighted by Crippen LogP contribution is -2.15. The number of halogens is 1. The van der Waals surface area contributed by atoms with E-state index in [1.165, 1.54) is 29.5 Å². The first-order chi connectivity index (χ1) is 16.5. The van der Waals surface area contributed by atoms with Crippen molar-refractivity contribution in [3.8, 4) is 5.75 Å². The first-order valence-corrected chi connectivity index (χ1v) is 11.4. The number of aromatic nitrogens is 1. The number of ether oxygens (including phenoxy) is 1. The van der Waals surface area contributed by atoms with E-state index in [1.54, 1.807) is 24.6 Å². The third-order valence-corrected chi connectivity index (χ3v) is 5.84. The number of thiazole rings is 1. The molecule has 0 saturated carbocycles. The van der Waals surface area contributed by atoms with Crippen molar-refractivity contribution in [3.05, 3.63) is 106 Å². The number of amides is 2. The minimum Gasteiger partial charge on any atom is -0.496 e. The van der Waals surface area contributed by atoms with Gasteiger partial charge in [0, 0.05) is 23.1 Å². The molecule has 2 N–H and O–H groups in total. The van der Waals surface area contributed by atoms with Crippen LogP contribution in [-0.4, -0.2) is 23.9 Å². The predicted octanol–water partition coefficient (Wildman–Crippen LogP) is 5.32. The zero-order valence-electron chi connectivity index (χ0n) is 18.4. The number of benzene rings is 3. The van der Waals surface area contributed by atoms with Gasteiger partial charge < -0.3 is 10.1 Å². The summed E-state index contributed by atoms with van der Waals surface area (Å²) in [7, 11) is 1.62. The molecule has 6 nitrogen and oxygen atoms in total. The highest BCUT2D eigenvalue weighted by Gasteiger charge is 2.14. The molecule has 0 radical (unpaired) electrons. The highest BCUT2D eigenvalue weighted by atomic mass is 32.1. The number of methoxy groups -OCH3 is 1. The van der Waals surface area contributed by atoms with Crippen molar-refractivity contribution in [1.29, 1.82) is 0 Å². The number of hydrogen-bond acceptors (Lipinski definition) is 5. The van der Waals surface area contributed by atoms with E-state index in [-0.39, 0.29) is 17.9 Å². The molecule has 4 aromatic rings. The van der Waals surface area contributed by atoms with E-state index in [0.717, 1.165) is 16.9 Å². The zero-order valence-corrected chi connectivity index (χ0v) is 19.2. The summed E-state index contributed by atoms with van der Waals surface area (Å²) in [6, 6.07) is 21.2. The topological polar surface area (TPSA) is 80.3 Å². The van der Waals surface area contributed by atoms with Crippen LogP contribution in [0.15, 0.2) is 78.2 Å². The second-order valence-electron chi connectivity index (χ2n) is 7.49. The van der Waals surface area contributed by atoms with Gasteiger partial charge in [0.2, 0.25) is 5.91 Å². The van der Waals surface area contributed by atoms with E-state index >= 15 is 0 Å². The molecule has 0 aliphatic rings. The lowest BCUT2D eigenvalue weighted by atomic mass is 10.0. The van der Waals surface area contributed by atoms with Gasteiger partial charge in [-0.15, -0.1) is 11.3 Å². The average molecular weight is 476 g/mol. The smallest absolute Gasteiger partial charge is 0.260 e. The predicted molar refractivity (Wildman–Crippen MR) is 131 cm³/mol. The Morgan fingerprint density at radius 3 is 2.53 bits per heavy atom. The Labute approximate surface area is 200 Å². The van der Waals surface area contributed by atoms with Crippen LogP contribution in [0.1, 0.15) is 27.2 Å². The van der Waals surface area contributed by atoms with Crippen molar-refractivity contribution in [1.82, 2.24) is 4.98 Å². The Morgan fingerprint density at radius 1 is 1.00 bits per heavy atom. The van der Waals surface area contributed by atoms with Gasteiger partial charge in [-0.1, -0.05) is 42.5 Å². The quantitative estimate of drug-likeness (QED) is 0.362. The van der Waals surface area contributed by atoms with Crippen LogP contribution in [-0.2, 0) is 17.6 Å². The summed E-state index contributed by atoms with van der Waals surface area (Å²) >= 11 is 1.17. The van der Waals surface area contributed by atoms with Crippen molar-refractivity contribution in [2.45, 2.75) is 12.8 Å². The molecule has 0 aliphatic heterocycles. The fraction of sp³-hybridized carbons (Fsp3) is 0.115. The molecule has 0 fully saturated rings. The van der Waals surface area contributed by atoms with Gasteiger partial charge in [0.15, 0.2) is 5.13 Å². The van der Waals surface area contributed by atoms with Crippen LogP contribution in [0.25, 0.3) is 0 Å². The van der Waals surface area contributed by atoms with E-state index < -0.39 is 11.7 Å². The third-order valence-electron chi connectivity index (χ3n) is 5.03. The number of anilines is 2. The molecule has 0 spiro atoms. The fourth-order valence-corrected chi connectivity index (χ4v) is 4.14. The minimum absolute atomic E-state index is 0.0338. The summed E-state index contributed by atoms with van der Waals surface area (Å²) in [6.45, 7) is 0.